The lowest BCUT2D eigenvalue weighted by atomic mass is 10.1. The molecule has 0 bridgehead atoms. The van der Waals surface area contributed by atoms with Gasteiger partial charge in [-0.05, 0) is 49.9 Å². The first kappa shape index (κ1) is 18.0. The van der Waals surface area contributed by atoms with E-state index in [-0.39, 0.29) is 11.6 Å². The van der Waals surface area contributed by atoms with Crippen molar-refractivity contribution >= 4 is 22.6 Å². The predicted molar refractivity (Wildman–Crippen MR) is 102 cm³/mol. The van der Waals surface area contributed by atoms with Crippen LogP contribution in [0.15, 0.2) is 23.0 Å². The lowest BCUT2D eigenvalue weighted by Crippen LogP contribution is -2.13. The second-order valence-corrected chi connectivity index (χ2v) is 7.11. The Kier molecular flexibility index (Phi) is 4.97. The number of nitrogens with zero attached hydrogens (tertiary/aromatic N) is 2. The Labute approximate surface area is 151 Å². The number of amides is 1. The largest absolute Gasteiger partial charge is 0.326 e. The highest BCUT2D eigenvalue weighted by Gasteiger charge is 2.14. The molecule has 0 saturated carbocycles. The first-order valence-corrected chi connectivity index (χ1v) is 8.88. The Bertz CT molecular complexity index is 993. The topological polar surface area (TPSA) is 95.6 Å². The highest BCUT2D eigenvalue weighted by molar-refractivity contribution is 5.93. The number of nitrogens with one attached hydrogen (secondary N) is 3. The van der Waals surface area contributed by atoms with Crippen molar-refractivity contribution in [3.05, 3.63) is 45.6 Å². The zero-order chi connectivity index (χ0) is 18.8. The summed E-state index contributed by atoms with van der Waals surface area (Å²) in [5.74, 6) is 0.469. The number of hydrogen-bond acceptors (Lipinski definition) is 3. The molecule has 7 heteroatoms. The highest BCUT2D eigenvalue weighted by atomic mass is 16.1. The summed E-state index contributed by atoms with van der Waals surface area (Å²) in [5, 5.41) is 7.49. The molecular weight excluding hydrogens is 330 g/mol. The van der Waals surface area contributed by atoms with Crippen molar-refractivity contribution in [2.45, 2.75) is 47.1 Å². The molecule has 26 heavy (non-hydrogen) atoms. The van der Waals surface area contributed by atoms with Gasteiger partial charge in [0.15, 0.2) is 0 Å². The van der Waals surface area contributed by atoms with E-state index in [0.717, 1.165) is 29.0 Å². The average molecular weight is 355 g/mol. The van der Waals surface area contributed by atoms with Crippen LogP contribution in [0.2, 0.25) is 0 Å². The van der Waals surface area contributed by atoms with E-state index in [1.165, 1.54) is 0 Å². The summed E-state index contributed by atoms with van der Waals surface area (Å²) in [4.78, 5) is 29.0. The van der Waals surface area contributed by atoms with Crippen LogP contribution in [0.25, 0.3) is 11.0 Å². The van der Waals surface area contributed by atoms with Crippen molar-refractivity contribution in [1.82, 2.24) is 19.7 Å². The van der Waals surface area contributed by atoms with Crippen LogP contribution >= 0.6 is 0 Å². The van der Waals surface area contributed by atoms with Gasteiger partial charge < -0.3 is 15.3 Å². The van der Waals surface area contributed by atoms with Gasteiger partial charge in [0.25, 0.3) is 0 Å². The standard InChI is InChI=1S/C19H25N5O2/c1-11(2)10-24-13(4)15(12(3)23-24)6-8-18(25)20-14-5-7-16-17(9-14)22-19(26)21-16/h5,7,9,11H,6,8,10H2,1-4H3,(H,20,25)(H2,21,22,26). The molecule has 2 heterocycles. The number of carbonyl (C=O) groups excluding carboxylic acids is 1. The first-order chi connectivity index (χ1) is 12.3. The molecule has 0 radical (unpaired) electrons. The van der Waals surface area contributed by atoms with Crippen LogP contribution in [0.4, 0.5) is 5.69 Å². The second kappa shape index (κ2) is 7.19. The van der Waals surface area contributed by atoms with Gasteiger partial charge in [0.05, 0.1) is 16.7 Å². The van der Waals surface area contributed by atoms with Crippen LogP contribution < -0.4 is 11.0 Å². The molecule has 0 spiro atoms. The summed E-state index contributed by atoms with van der Waals surface area (Å²) >= 11 is 0. The second-order valence-electron chi connectivity index (χ2n) is 7.11. The third-order valence-electron chi connectivity index (χ3n) is 4.47. The summed E-state index contributed by atoms with van der Waals surface area (Å²) in [7, 11) is 0. The predicted octanol–water partition coefficient (Wildman–Crippen LogP) is 2.90. The Balaban J connectivity index is 1.65. The van der Waals surface area contributed by atoms with E-state index in [0.29, 0.717) is 30.0 Å². The molecule has 0 fully saturated rings. The van der Waals surface area contributed by atoms with Gasteiger partial charge in [-0.3, -0.25) is 9.48 Å². The Morgan fingerprint density at radius 1 is 1.23 bits per heavy atom. The van der Waals surface area contributed by atoms with Crippen molar-refractivity contribution in [1.29, 1.82) is 0 Å². The molecule has 0 saturated heterocycles. The summed E-state index contributed by atoms with van der Waals surface area (Å²) in [6.45, 7) is 9.27. The van der Waals surface area contributed by atoms with Gasteiger partial charge in [-0.2, -0.15) is 5.10 Å². The average Bonchev–Trinajstić information content (AvgIpc) is 3.04. The number of rotatable bonds is 6. The lowest BCUT2D eigenvalue weighted by Gasteiger charge is -2.08. The minimum atomic E-state index is -0.257. The molecule has 3 rings (SSSR count). The Morgan fingerprint density at radius 3 is 2.69 bits per heavy atom. The summed E-state index contributed by atoms with van der Waals surface area (Å²) in [6, 6.07) is 5.30. The number of fused-ring (bicyclic) bond motifs is 1. The SMILES string of the molecule is Cc1nn(CC(C)C)c(C)c1CCC(=O)Nc1ccc2[nH]c(=O)[nH]c2c1. The number of benzene rings is 1. The molecule has 2 aromatic heterocycles. The highest BCUT2D eigenvalue weighted by Crippen LogP contribution is 2.18. The first-order valence-electron chi connectivity index (χ1n) is 8.88. The van der Waals surface area contributed by atoms with Gasteiger partial charge >= 0.3 is 5.69 Å². The van der Waals surface area contributed by atoms with E-state index in [9.17, 15) is 9.59 Å². The maximum absolute atomic E-state index is 12.3. The fraction of sp³-hybridized carbons (Fsp3) is 0.421. The van der Waals surface area contributed by atoms with Crippen molar-refractivity contribution in [2.24, 2.45) is 5.92 Å². The molecule has 0 aliphatic carbocycles. The van der Waals surface area contributed by atoms with Crippen LogP contribution in [-0.2, 0) is 17.8 Å². The van der Waals surface area contributed by atoms with Crippen molar-refractivity contribution in [2.75, 3.05) is 5.32 Å². The fourth-order valence-corrected chi connectivity index (χ4v) is 3.19. The van der Waals surface area contributed by atoms with E-state index < -0.39 is 0 Å². The van der Waals surface area contributed by atoms with E-state index in [1.807, 2.05) is 11.6 Å². The minimum absolute atomic E-state index is 0.0577. The molecule has 1 aromatic carbocycles. The van der Waals surface area contributed by atoms with Crippen molar-refractivity contribution in [3.63, 3.8) is 0 Å². The fourth-order valence-electron chi connectivity index (χ4n) is 3.19. The third-order valence-corrected chi connectivity index (χ3v) is 4.47. The van der Waals surface area contributed by atoms with E-state index in [2.05, 4.69) is 41.2 Å². The smallest absolute Gasteiger partial charge is 0.323 e. The van der Waals surface area contributed by atoms with Gasteiger partial charge in [-0.1, -0.05) is 13.8 Å². The van der Waals surface area contributed by atoms with Crippen molar-refractivity contribution in [3.8, 4) is 0 Å². The number of hydrogen-bond donors (Lipinski definition) is 3. The molecule has 0 unspecified atom stereocenters. The number of carbonyl (C=O) groups is 1. The van der Waals surface area contributed by atoms with Crippen molar-refractivity contribution < 1.29 is 4.79 Å². The maximum atomic E-state index is 12.3. The maximum Gasteiger partial charge on any atom is 0.323 e. The number of anilines is 1. The Morgan fingerprint density at radius 2 is 1.96 bits per heavy atom. The molecule has 138 valence electrons. The van der Waals surface area contributed by atoms with Crippen LogP contribution in [0.5, 0.6) is 0 Å². The van der Waals surface area contributed by atoms with E-state index >= 15 is 0 Å². The van der Waals surface area contributed by atoms with Gasteiger partial charge in [0, 0.05) is 24.3 Å². The molecule has 7 nitrogen and oxygen atoms in total. The molecule has 1 amide bonds. The summed E-state index contributed by atoms with van der Waals surface area (Å²) in [6.07, 6.45) is 1.04. The van der Waals surface area contributed by atoms with Gasteiger partial charge in [-0.25, -0.2) is 4.79 Å². The summed E-state index contributed by atoms with van der Waals surface area (Å²) in [5.41, 5.74) is 5.07. The molecule has 3 aromatic rings. The quantitative estimate of drug-likeness (QED) is 0.634. The molecule has 0 aliphatic heterocycles. The monoisotopic (exact) mass is 355 g/mol. The molecule has 0 aliphatic rings. The number of aromatic nitrogens is 4. The normalized spacial score (nSPS) is 11.4. The molecule has 3 N–H and O–H groups in total. The van der Waals surface area contributed by atoms with E-state index in [1.54, 1.807) is 18.2 Å². The summed E-state index contributed by atoms with van der Waals surface area (Å²) < 4.78 is 2.03. The lowest BCUT2D eigenvalue weighted by molar-refractivity contribution is -0.116. The number of aryl methyl sites for hydroxylation is 1. The molecule has 0 atom stereocenters. The van der Waals surface area contributed by atoms with Crippen LogP contribution in [-0.4, -0.2) is 25.7 Å². The van der Waals surface area contributed by atoms with E-state index in [4.69, 9.17) is 0 Å². The Hall–Kier alpha value is -2.83. The third kappa shape index (κ3) is 3.87. The van der Waals surface area contributed by atoms with Gasteiger partial charge in [0.1, 0.15) is 0 Å². The van der Waals surface area contributed by atoms with Gasteiger partial charge in [-0.15, -0.1) is 0 Å². The minimum Gasteiger partial charge on any atom is -0.326 e. The van der Waals surface area contributed by atoms with Crippen LogP contribution in [0, 0.1) is 19.8 Å². The van der Waals surface area contributed by atoms with Crippen LogP contribution in [0.3, 0.4) is 0 Å². The molecular formula is C19H25N5O2. The number of H-pyrrole nitrogens is 2. The van der Waals surface area contributed by atoms with Gasteiger partial charge in [0.2, 0.25) is 5.91 Å². The van der Waals surface area contributed by atoms with Crippen LogP contribution in [0.1, 0.15) is 37.2 Å². The zero-order valence-electron chi connectivity index (χ0n) is 15.6. The zero-order valence-corrected chi connectivity index (χ0v) is 15.6. The number of imidazole rings is 1. The number of aromatic amines is 2.